The summed E-state index contributed by atoms with van der Waals surface area (Å²) in [4.78, 5) is 44.8. The number of halogens is 2. The van der Waals surface area contributed by atoms with Crippen molar-refractivity contribution in [2.24, 2.45) is 11.3 Å². The van der Waals surface area contributed by atoms with Gasteiger partial charge in [-0.3, -0.25) is 19.3 Å². The molecule has 0 unspecified atom stereocenters. The average molecular weight is 535 g/mol. The summed E-state index contributed by atoms with van der Waals surface area (Å²) < 4.78 is 28.5. The van der Waals surface area contributed by atoms with E-state index in [1.54, 1.807) is 9.80 Å². The fraction of sp³-hybridized carbons (Fsp3) is 0.690. The normalized spacial score (nSPS) is 23.9. The van der Waals surface area contributed by atoms with Crippen molar-refractivity contribution in [1.29, 1.82) is 0 Å². The SMILES string of the molecule is CC(=O)N[C@@H](CC(C)(C)C)C(=O)N1CCN(C(=O)[C@@H]2CN(C(C)(C)C)C[C@H]2c2ccc(F)cc2F)[C@@H](C)C1. The zero-order valence-electron chi connectivity index (χ0n) is 24.1. The molecule has 0 saturated carbocycles. The quantitative estimate of drug-likeness (QED) is 0.624. The van der Waals surface area contributed by atoms with E-state index in [9.17, 15) is 23.2 Å². The number of carbonyl (C=O) groups is 3. The predicted molar refractivity (Wildman–Crippen MR) is 143 cm³/mol. The summed E-state index contributed by atoms with van der Waals surface area (Å²) in [5.41, 5.74) is -0.0110. The lowest BCUT2D eigenvalue weighted by Crippen LogP contribution is -2.60. The van der Waals surface area contributed by atoms with Crippen LogP contribution in [0.2, 0.25) is 0 Å². The number of carbonyl (C=O) groups excluding carboxylic acids is 3. The van der Waals surface area contributed by atoms with Gasteiger partial charge in [0.15, 0.2) is 0 Å². The third kappa shape index (κ3) is 7.10. The second-order valence-corrected chi connectivity index (χ2v) is 13.1. The zero-order chi connectivity index (χ0) is 28.6. The summed E-state index contributed by atoms with van der Waals surface area (Å²) in [7, 11) is 0. The zero-order valence-corrected chi connectivity index (χ0v) is 24.1. The summed E-state index contributed by atoms with van der Waals surface area (Å²) in [6, 6.07) is 2.72. The van der Waals surface area contributed by atoms with Gasteiger partial charge in [-0.25, -0.2) is 8.78 Å². The molecule has 7 nitrogen and oxygen atoms in total. The van der Waals surface area contributed by atoms with Gasteiger partial charge in [0.1, 0.15) is 17.7 Å². The molecule has 212 valence electrons. The van der Waals surface area contributed by atoms with Gasteiger partial charge in [-0.05, 0) is 51.2 Å². The summed E-state index contributed by atoms with van der Waals surface area (Å²) >= 11 is 0. The van der Waals surface area contributed by atoms with E-state index in [0.717, 1.165) is 6.07 Å². The van der Waals surface area contributed by atoms with Crippen molar-refractivity contribution < 1.29 is 23.2 Å². The van der Waals surface area contributed by atoms with E-state index in [0.29, 0.717) is 44.7 Å². The lowest BCUT2D eigenvalue weighted by molar-refractivity contribution is -0.147. The van der Waals surface area contributed by atoms with E-state index in [4.69, 9.17) is 0 Å². The molecule has 9 heteroatoms. The fourth-order valence-corrected chi connectivity index (χ4v) is 5.70. The van der Waals surface area contributed by atoms with E-state index in [1.807, 2.05) is 27.7 Å². The van der Waals surface area contributed by atoms with Crippen LogP contribution < -0.4 is 5.32 Å². The Morgan fingerprint density at radius 1 is 1.03 bits per heavy atom. The maximum absolute atomic E-state index is 14.8. The molecule has 1 aromatic carbocycles. The van der Waals surface area contributed by atoms with Crippen LogP contribution in [0.25, 0.3) is 0 Å². The molecule has 2 saturated heterocycles. The monoisotopic (exact) mass is 534 g/mol. The fourth-order valence-electron chi connectivity index (χ4n) is 5.70. The Morgan fingerprint density at radius 2 is 1.68 bits per heavy atom. The number of hydrogen-bond donors (Lipinski definition) is 1. The maximum Gasteiger partial charge on any atom is 0.245 e. The van der Waals surface area contributed by atoms with Crippen LogP contribution in [-0.2, 0) is 14.4 Å². The summed E-state index contributed by atoms with van der Waals surface area (Å²) in [5, 5.41) is 2.80. The van der Waals surface area contributed by atoms with Gasteiger partial charge in [0, 0.05) is 63.2 Å². The molecule has 0 radical (unpaired) electrons. The van der Waals surface area contributed by atoms with Crippen LogP contribution in [0.5, 0.6) is 0 Å². The van der Waals surface area contributed by atoms with Crippen molar-refractivity contribution in [3.63, 3.8) is 0 Å². The summed E-state index contributed by atoms with van der Waals surface area (Å²) in [6.45, 7) is 17.6. The Morgan fingerprint density at radius 3 is 2.21 bits per heavy atom. The molecule has 2 fully saturated rings. The van der Waals surface area contributed by atoms with Gasteiger partial charge in [0.05, 0.1) is 5.92 Å². The highest BCUT2D eigenvalue weighted by Crippen LogP contribution is 2.39. The van der Waals surface area contributed by atoms with Gasteiger partial charge in [-0.15, -0.1) is 0 Å². The van der Waals surface area contributed by atoms with Gasteiger partial charge in [0.25, 0.3) is 0 Å². The standard InChI is InChI=1S/C29H44F2N4O3/c1-18-15-33(27(38)25(32-19(2)36)14-28(3,4)5)11-12-35(18)26(37)23-17-34(29(6,7)8)16-22(23)21-10-9-20(30)13-24(21)31/h9-10,13,18,22-23,25H,11-12,14-17H2,1-8H3,(H,32,36)/t18-,22-,23+,25-/m0/s1. The topological polar surface area (TPSA) is 73.0 Å². The molecular formula is C29H44F2N4O3. The average Bonchev–Trinajstić information content (AvgIpc) is 3.22. The number of hydrogen-bond acceptors (Lipinski definition) is 4. The first-order valence-electron chi connectivity index (χ1n) is 13.5. The van der Waals surface area contributed by atoms with Crippen molar-refractivity contribution in [2.45, 2.75) is 85.4 Å². The Kier molecular flexibility index (Phi) is 8.91. The van der Waals surface area contributed by atoms with Crippen LogP contribution >= 0.6 is 0 Å². The number of nitrogens with one attached hydrogen (secondary N) is 1. The van der Waals surface area contributed by atoms with Crippen molar-refractivity contribution in [3.8, 4) is 0 Å². The Bertz CT molecular complexity index is 1050. The molecule has 0 bridgehead atoms. The van der Waals surface area contributed by atoms with Gasteiger partial charge in [0.2, 0.25) is 17.7 Å². The molecule has 0 spiro atoms. The van der Waals surface area contributed by atoms with Crippen LogP contribution in [0.4, 0.5) is 8.78 Å². The summed E-state index contributed by atoms with van der Waals surface area (Å²) in [6.07, 6.45) is 0.508. The van der Waals surface area contributed by atoms with Crippen LogP contribution in [0.1, 0.15) is 73.3 Å². The van der Waals surface area contributed by atoms with E-state index in [1.165, 1.54) is 19.1 Å². The first-order valence-corrected chi connectivity index (χ1v) is 13.5. The lowest BCUT2D eigenvalue weighted by atomic mass is 9.86. The third-order valence-electron chi connectivity index (χ3n) is 7.66. The highest BCUT2D eigenvalue weighted by molar-refractivity contribution is 5.87. The number of nitrogens with zero attached hydrogens (tertiary/aromatic N) is 3. The van der Waals surface area contributed by atoms with Crippen LogP contribution in [-0.4, -0.2) is 82.8 Å². The molecule has 3 rings (SSSR count). The first kappa shape index (κ1) is 30.0. The van der Waals surface area contributed by atoms with Crippen LogP contribution in [0.3, 0.4) is 0 Å². The predicted octanol–water partition coefficient (Wildman–Crippen LogP) is 3.78. The second-order valence-electron chi connectivity index (χ2n) is 13.1. The molecule has 0 aliphatic carbocycles. The minimum atomic E-state index is -0.641. The van der Waals surface area contributed by atoms with Crippen LogP contribution in [0.15, 0.2) is 18.2 Å². The Balaban J connectivity index is 1.78. The van der Waals surface area contributed by atoms with Gasteiger partial charge >= 0.3 is 0 Å². The highest BCUT2D eigenvalue weighted by Gasteiger charge is 2.46. The molecule has 2 heterocycles. The van der Waals surface area contributed by atoms with E-state index >= 15 is 0 Å². The Hall–Kier alpha value is -2.55. The lowest BCUT2D eigenvalue weighted by Gasteiger charge is -2.43. The number of amides is 3. The number of rotatable bonds is 5. The molecular weight excluding hydrogens is 490 g/mol. The van der Waals surface area contributed by atoms with Gasteiger partial charge in [-0.1, -0.05) is 26.8 Å². The highest BCUT2D eigenvalue weighted by atomic mass is 19.1. The second kappa shape index (κ2) is 11.3. The maximum atomic E-state index is 14.8. The molecule has 4 atom stereocenters. The third-order valence-corrected chi connectivity index (χ3v) is 7.66. The van der Waals surface area contributed by atoms with Crippen molar-refractivity contribution in [2.75, 3.05) is 32.7 Å². The smallest absolute Gasteiger partial charge is 0.245 e. The molecule has 1 aromatic rings. The number of piperazine rings is 1. The van der Waals surface area contributed by atoms with Crippen LogP contribution in [0, 0.1) is 23.0 Å². The molecule has 3 amide bonds. The Labute approximate surface area is 225 Å². The first-order chi connectivity index (χ1) is 17.5. The van der Waals surface area contributed by atoms with E-state index < -0.39 is 29.5 Å². The molecule has 38 heavy (non-hydrogen) atoms. The minimum Gasteiger partial charge on any atom is -0.345 e. The number of benzene rings is 1. The minimum absolute atomic E-state index is 0.0711. The van der Waals surface area contributed by atoms with E-state index in [2.05, 4.69) is 31.0 Å². The number of likely N-dealkylation sites (tertiary alicyclic amines) is 1. The molecule has 0 aromatic heterocycles. The molecule has 2 aliphatic rings. The van der Waals surface area contributed by atoms with Crippen molar-refractivity contribution in [3.05, 3.63) is 35.4 Å². The van der Waals surface area contributed by atoms with E-state index in [-0.39, 0.29) is 34.7 Å². The van der Waals surface area contributed by atoms with Gasteiger partial charge in [-0.2, -0.15) is 0 Å². The molecule has 1 N–H and O–H groups in total. The van der Waals surface area contributed by atoms with Gasteiger partial charge < -0.3 is 15.1 Å². The molecule has 2 aliphatic heterocycles. The van der Waals surface area contributed by atoms with Crippen molar-refractivity contribution in [1.82, 2.24) is 20.0 Å². The van der Waals surface area contributed by atoms with Crippen molar-refractivity contribution >= 4 is 17.7 Å². The summed E-state index contributed by atoms with van der Waals surface area (Å²) in [5.74, 6) is -2.61. The largest absolute Gasteiger partial charge is 0.345 e.